The molecule has 0 spiro atoms. The zero-order chi connectivity index (χ0) is 11.2. The Kier molecular flexibility index (Phi) is 6.11. The molecule has 0 aliphatic heterocycles. The molecule has 0 aromatic rings. The third-order valence-electron chi connectivity index (χ3n) is 1.94. The van der Waals surface area contributed by atoms with Gasteiger partial charge < -0.3 is 10.5 Å². The molecule has 0 rings (SSSR count). The van der Waals surface area contributed by atoms with Crippen molar-refractivity contribution >= 4 is 0 Å². The van der Waals surface area contributed by atoms with Crippen LogP contribution in [0.4, 0.5) is 13.2 Å². The zero-order valence-corrected chi connectivity index (χ0v) is 8.60. The average Bonchev–Trinajstić information content (AvgIpc) is 2.03. The molecule has 14 heavy (non-hydrogen) atoms. The van der Waals surface area contributed by atoms with Crippen LogP contribution in [-0.4, -0.2) is 25.4 Å². The minimum Gasteiger partial charge on any atom is -0.367 e. The molecule has 0 radical (unpaired) electrons. The molecule has 0 aliphatic carbocycles. The van der Waals surface area contributed by atoms with Gasteiger partial charge in [0.25, 0.3) is 0 Å². The molecule has 0 saturated heterocycles. The standard InChI is InChI=1S/C9H18F3NO/c1-3-4-7(2)6-14-8(5-13)9(10,11)12/h7-8H,3-6,13H2,1-2H3. The van der Waals surface area contributed by atoms with Crippen LogP contribution in [0.1, 0.15) is 26.7 Å². The van der Waals surface area contributed by atoms with Gasteiger partial charge in [0.2, 0.25) is 0 Å². The van der Waals surface area contributed by atoms with E-state index in [2.05, 4.69) is 0 Å². The molecule has 5 heteroatoms. The smallest absolute Gasteiger partial charge is 0.367 e. The van der Waals surface area contributed by atoms with Gasteiger partial charge in [-0.1, -0.05) is 20.3 Å². The summed E-state index contributed by atoms with van der Waals surface area (Å²) in [6.07, 6.45) is -4.35. The predicted octanol–water partition coefficient (Wildman–Crippen LogP) is 2.33. The Bertz CT molecular complexity index is 149. The van der Waals surface area contributed by atoms with E-state index in [4.69, 9.17) is 10.5 Å². The van der Waals surface area contributed by atoms with Gasteiger partial charge in [-0.25, -0.2) is 0 Å². The lowest BCUT2D eigenvalue weighted by Gasteiger charge is -2.21. The SMILES string of the molecule is CCCC(C)COC(CN)C(F)(F)F. The fourth-order valence-corrected chi connectivity index (χ4v) is 1.15. The Labute approximate surface area is 82.6 Å². The second kappa shape index (κ2) is 6.24. The lowest BCUT2D eigenvalue weighted by molar-refractivity contribution is -0.219. The van der Waals surface area contributed by atoms with Crippen LogP contribution in [0.25, 0.3) is 0 Å². The number of rotatable bonds is 6. The summed E-state index contributed by atoms with van der Waals surface area (Å²) in [7, 11) is 0. The topological polar surface area (TPSA) is 35.2 Å². The Balaban J connectivity index is 3.84. The Hall–Kier alpha value is -0.290. The van der Waals surface area contributed by atoms with Crippen molar-refractivity contribution < 1.29 is 17.9 Å². The largest absolute Gasteiger partial charge is 0.415 e. The third-order valence-corrected chi connectivity index (χ3v) is 1.94. The summed E-state index contributed by atoms with van der Waals surface area (Å²) >= 11 is 0. The number of hydrogen-bond donors (Lipinski definition) is 1. The molecule has 2 nitrogen and oxygen atoms in total. The monoisotopic (exact) mass is 213 g/mol. The quantitative estimate of drug-likeness (QED) is 0.735. The lowest BCUT2D eigenvalue weighted by atomic mass is 10.1. The van der Waals surface area contributed by atoms with Gasteiger partial charge in [0, 0.05) is 6.54 Å². The first-order valence-corrected chi connectivity index (χ1v) is 4.80. The highest BCUT2D eigenvalue weighted by Gasteiger charge is 2.39. The number of alkyl halides is 3. The number of nitrogens with two attached hydrogens (primary N) is 1. The second-order valence-electron chi connectivity index (χ2n) is 3.49. The molecule has 2 unspecified atom stereocenters. The molecule has 0 heterocycles. The summed E-state index contributed by atoms with van der Waals surface area (Å²) < 4.78 is 41.2. The number of hydrogen-bond acceptors (Lipinski definition) is 2. The van der Waals surface area contributed by atoms with Gasteiger partial charge in [-0.15, -0.1) is 0 Å². The summed E-state index contributed by atoms with van der Waals surface area (Å²) in [5, 5.41) is 0. The molecular formula is C9H18F3NO. The molecule has 0 amide bonds. The maximum Gasteiger partial charge on any atom is 0.415 e. The normalized spacial score (nSPS) is 16.7. The van der Waals surface area contributed by atoms with Crippen LogP contribution < -0.4 is 5.73 Å². The van der Waals surface area contributed by atoms with Gasteiger partial charge in [0.05, 0.1) is 6.61 Å². The van der Waals surface area contributed by atoms with Crippen molar-refractivity contribution in [2.45, 2.75) is 39.0 Å². The maximum atomic E-state index is 12.2. The molecule has 0 fully saturated rings. The van der Waals surface area contributed by atoms with Crippen molar-refractivity contribution in [2.24, 2.45) is 11.7 Å². The van der Waals surface area contributed by atoms with Crippen molar-refractivity contribution in [2.75, 3.05) is 13.2 Å². The fraction of sp³-hybridized carbons (Fsp3) is 1.00. The van der Waals surface area contributed by atoms with Crippen LogP contribution in [0.15, 0.2) is 0 Å². The van der Waals surface area contributed by atoms with E-state index in [1.165, 1.54) is 0 Å². The van der Waals surface area contributed by atoms with Crippen molar-refractivity contribution in [1.29, 1.82) is 0 Å². The Morgan fingerprint density at radius 1 is 1.36 bits per heavy atom. The Morgan fingerprint density at radius 3 is 2.29 bits per heavy atom. The summed E-state index contributed by atoms with van der Waals surface area (Å²) in [6.45, 7) is 3.46. The third kappa shape index (κ3) is 5.44. The van der Waals surface area contributed by atoms with Crippen molar-refractivity contribution in [3.05, 3.63) is 0 Å². The van der Waals surface area contributed by atoms with Crippen LogP contribution in [-0.2, 0) is 4.74 Å². The molecule has 86 valence electrons. The summed E-state index contributed by atoms with van der Waals surface area (Å²) in [5.41, 5.74) is 4.97. The fourth-order valence-electron chi connectivity index (χ4n) is 1.15. The van der Waals surface area contributed by atoms with E-state index in [1.807, 2.05) is 13.8 Å². The maximum absolute atomic E-state index is 12.2. The second-order valence-corrected chi connectivity index (χ2v) is 3.49. The highest BCUT2D eigenvalue weighted by atomic mass is 19.4. The average molecular weight is 213 g/mol. The summed E-state index contributed by atoms with van der Waals surface area (Å²) in [4.78, 5) is 0. The van der Waals surface area contributed by atoms with E-state index < -0.39 is 18.8 Å². The minimum atomic E-state index is -4.35. The predicted molar refractivity (Wildman–Crippen MR) is 48.9 cm³/mol. The first-order chi connectivity index (χ1) is 6.41. The van der Waals surface area contributed by atoms with E-state index >= 15 is 0 Å². The molecule has 0 aromatic heterocycles. The number of ether oxygens (including phenoxy) is 1. The van der Waals surface area contributed by atoms with E-state index in [0.717, 1.165) is 12.8 Å². The lowest BCUT2D eigenvalue weighted by Crippen LogP contribution is -2.39. The van der Waals surface area contributed by atoms with Gasteiger partial charge in [-0.05, 0) is 12.3 Å². The van der Waals surface area contributed by atoms with Gasteiger partial charge in [0.15, 0.2) is 6.10 Å². The van der Waals surface area contributed by atoms with Crippen molar-refractivity contribution in [3.8, 4) is 0 Å². The van der Waals surface area contributed by atoms with Crippen molar-refractivity contribution in [1.82, 2.24) is 0 Å². The van der Waals surface area contributed by atoms with E-state index in [0.29, 0.717) is 0 Å². The first-order valence-electron chi connectivity index (χ1n) is 4.80. The highest BCUT2D eigenvalue weighted by molar-refractivity contribution is 4.68. The van der Waals surface area contributed by atoms with Crippen molar-refractivity contribution in [3.63, 3.8) is 0 Å². The van der Waals surface area contributed by atoms with Gasteiger partial charge in [-0.3, -0.25) is 0 Å². The molecule has 0 bridgehead atoms. The van der Waals surface area contributed by atoms with Crippen LogP contribution in [0.3, 0.4) is 0 Å². The van der Waals surface area contributed by atoms with E-state index in [9.17, 15) is 13.2 Å². The summed E-state index contributed by atoms with van der Waals surface area (Å²) in [6, 6.07) is 0. The van der Waals surface area contributed by atoms with E-state index in [-0.39, 0.29) is 12.5 Å². The van der Waals surface area contributed by atoms with Crippen LogP contribution >= 0.6 is 0 Å². The molecule has 0 aliphatic rings. The molecule has 2 N–H and O–H groups in total. The minimum absolute atomic E-state index is 0.120. The zero-order valence-electron chi connectivity index (χ0n) is 8.60. The first kappa shape index (κ1) is 13.7. The highest BCUT2D eigenvalue weighted by Crippen LogP contribution is 2.22. The Morgan fingerprint density at radius 2 is 1.93 bits per heavy atom. The molecule has 2 atom stereocenters. The summed E-state index contributed by atoms with van der Waals surface area (Å²) in [5.74, 6) is 0.149. The van der Waals surface area contributed by atoms with Crippen LogP contribution in [0.5, 0.6) is 0 Å². The van der Waals surface area contributed by atoms with Crippen LogP contribution in [0, 0.1) is 5.92 Å². The van der Waals surface area contributed by atoms with Gasteiger partial charge in [0.1, 0.15) is 0 Å². The van der Waals surface area contributed by atoms with Crippen LogP contribution in [0.2, 0.25) is 0 Å². The van der Waals surface area contributed by atoms with E-state index in [1.54, 1.807) is 0 Å². The number of halogens is 3. The molecular weight excluding hydrogens is 195 g/mol. The van der Waals surface area contributed by atoms with Gasteiger partial charge in [-0.2, -0.15) is 13.2 Å². The van der Waals surface area contributed by atoms with Gasteiger partial charge >= 0.3 is 6.18 Å². The molecule has 0 aromatic carbocycles. The molecule has 0 saturated carbocycles.